The van der Waals surface area contributed by atoms with Crippen molar-refractivity contribution in [1.29, 1.82) is 0 Å². The standard InChI is InChI=1S/2C6H8O7.Bi.3Ca/c2*7-3(8)1-6(13,5(11)12)2-4(9)10;;;;/h2*13H,1-2H2,(H,7,8)(H,9,10)(H,11,12);;;;/q;;+3;3*+2/p-6. The molecule has 14 nitrogen and oxygen atoms in total. The molecule has 30 heavy (non-hydrogen) atoms. The third kappa shape index (κ3) is 21.3. The van der Waals surface area contributed by atoms with E-state index in [0.717, 1.165) is 0 Å². The van der Waals surface area contributed by atoms with Crippen molar-refractivity contribution < 1.29 is 69.6 Å². The van der Waals surface area contributed by atoms with Crippen molar-refractivity contribution in [2.24, 2.45) is 0 Å². The van der Waals surface area contributed by atoms with Gasteiger partial charge in [0.15, 0.2) is 0 Å². The molecule has 0 atom stereocenters. The van der Waals surface area contributed by atoms with Gasteiger partial charge in [0.05, 0.1) is 11.9 Å². The number of hydrogen-bond donors (Lipinski definition) is 2. The third-order valence-electron chi connectivity index (χ3n) is 2.51. The van der Waals surface area contributed by atoms with Crippen LogP contribution in [-0.4, -0.2) is 197 Å². The summed E-state index contributed by atoms with van der Waals surface area (Å²) < 4.78 is 0. The van der Waals surface area contributed by atoms with E-state index in [0.29, 0.717) is 0 Å². The predicted molar refractivity (Wildman–Crippen MR) is 81.4 cm³/mol. The molecule has 0 unspecified atom stereocenters. The van der Waals surface area contributed by atoms with Gasteiger partial charge in [-0.2, -0.15) is 0 Å². The number of carbonyl (C=O) groups is 6. The number of carboxylic acids is 6. The summed E-state index contributed by atoms with van der Waals surface area (Å²) in [6.07, 6.45) is -5.43. The molecule has 0 spiro atoms. The molecule has 150 valence electrons. The molecule has 0 fully saturated rings. The molecule has 0 aliphatic rings. The number of aliphatic hydroxyl groups is 2. The first-order valence-electron chi connectivity index (χ1n) is 6.23. The summed E-state index contributed by atoms with van der Waals surface area (Å²) in [7, 11) is 0. The van der Waals surface area contributed by atoms with Crippen molar-refractivity contribution in [1.82, 2.24) is 0 Å². The van der Waals surface area contributed by atoms with E-state index in [2.05, 4.69) is 0 Å². The van der Waals surface area contributed by atoms with E-state index in [1.165, 1.54) is 0 Å². The Hall–Kier alpha value is 1.40. The van der Waals surface area contributed by atoms with Gasteiger partial charge in [-0.3, -0.25) is 0 Å². The Balaban J connectivity index is -0.0000000847. The molecule has 0 aromatic carbocycles. The molecule has 0 saturated carbocycles. The maximum absolute atomic E-state index is 10.1. The van der Waals surface area contributed by atoms with Gasteiger partial charge in [-0.25, -0.2) is 0 Å². The zero-order valence-corrected chi connectivity index (χ0v) is 25.3. The zero-order chi connectivity index (χ0) is 21.3. The van der Waals surface area contributed by atoms with Crippen LogP contribution in [0.5, 0.6) is 0 Å². The Morgan fingerprint density at radius 1 is 0.500 bits per heavy atom. The minimum absolute atomic E-state index is 0. The van der Waals surface area contributed by atoms with E-state index >= 15 is 0 Å². The van der Waals surface area contributed by atoms with E-state index in [-0.39, 0.29) is 139 Å². The van der Waals surface area contributed by atoms with Crippen molar-refractivity contribution >= 4 is 175 Å². The summed E-state index contributed by atoms with van der Waals surface area (Å²) in [5.41, 5.74) is -5.95. The van der Waals surface area contributed by atoms with Gasteiger partial charge < -0.3 is 69.6 Å². The van der Waals surface area contributed by atoms with Crippen molar-refractivity contribution in [3.8, 4) is 0 Å². The Kier molecular flexibility index (Phi) is 31.4. The van der Waals surface area contributed by atoms with Gasteiger partial charge >= 0.3 is 139 Å². The molecule has 0 aromatic rings. The molecule has 0 aliphatic carbocycles. The SMILES string of the molecule is O=C([O-])CC(O)(CC(=O)[O-])C(=O)[O-].O=C([O-])CC(O)(CC(=O)[O-])C(=O)[O-].[Bi+3].[Ca+2].[Ca+2].[Ca+2]. The molecule has 0 bridgehead atoms. The summed E-state index contributed by atoms with van der Waals surface area (Å²) in [5, 5.41) is 77.9. The normalized spacial score (nSPS) is 9.40. The van der Waals surface area contributed by atoms with E-state index in [1.54, 1.807) is 0 Å². The first-order chi connectivity index (χ1) is 11.6. The van der Waals surface area contributed by atoms with Crippen LogP contribution in [0.3, 0.4) is 0 Å². The molecule has 0 aliphatic heterocycles. The molecule has 18 heteroatoms. The van der Waals surface area contributed by atoms with Crippen molar-refractivity contribution in [3.63, 3.8) is 0 Å². The third-order valence-corrected chi connectivity index (χ3v) is 2.51. The second-order valence-corrected chi connectivity index (χ2v) is 4.83. The number of aliphatic carboxylic acids is 6. The van der Waals surface area contributed by atoms with Crippen LogP contribution in [0.15, 0.2) is 0 Å². The topological polar surface area (TPSA) is 281 Å². The van der Waals surface area contributed by atoms with E-state index in [9.17, 15) is 59.4 Å². The Morgan fingerprint density at radius 3 is 0.700 bits per heavy atom. The number of carboxylic acid groups (broad SMARTS) is 6. The van der Waals surface area contributed by atoms with Crippen LogP contribution in [0.2, 0.25) is 0 Å². The first kappa shape index (κ1) is 45.0. The fourth-order valence-electron chi connectivity index (χ4n) is 1.37. The smallest absolute Gasteiger partial charge is 0.550 e. The van der Waals surface area contributed by atoms with Crippen LogP contribution in [0.4, 0.5) is 0 Å². The van der Waals surface area contributed by atoms with Crippen LogP contribution in [-0.2, 0) is 28.8 Å². The van der Waals surface area contributed by atoms with Gasteiger partial charge in [-0.1, -0.05) is 0 Å². The quantitative estimate of drug-likeness (QED) is 0.200. The van der Waals surface area contributed by atoms with Crippen molar-refractivity contribution in [3.05, 3.63) is 0 Å². The number of hydrogen-bond acceptors (Lipinski definition) is 14. The predicted octanol–water partition coefficient (Wildman–Crippen LogP) is -12.0. The maximum atomic E-state index is 10.1. The summed E-state index contributed by atoms with van der Waals surface area (Å²) in [5.74, 6) is -12.0. The summed E-state index contributed by atoms with van der Waals surface area (Å²) in [6, 6.07) is 0. The second kappa shape index (κ2) is 21.0. The van der Waals surface area contributed by atoms with Gasteiger partial charge in [-0.05, 0) is 0 Å². The van der Waals surface area contributed by atoms with E-state index < -0.39 is 72.7 Å². The first-order valence-corrected chi connectivity index (χ1v) is 6.23. The average Bonchev–Trinajstić information content (AvgIpc) is 2.34. The molecule has 0 saturated heterocycles. The molecule has 0 amide bonds. The summed E-state index contributed by atoms with van der Waals surface area (Å²) in [4.78, 5) is 60.0. The summed E-state index contributed by atoms with van der Waals surface area (Å²) >= 11 is 0. The van der Waals surface area contributed by atoms with Gasteiger partial charge in [0, 0.05) is 49.6 Å². The van der Waals surface area contributed by atoms with E-state index in [4.69, 9.17) is 10.2 Å². The fraction of sp³-hybridized carbons (Fsp3) is 0.500. The molecule has 0 aromatic heterocycles. The largest absolute Gasteiger partial charge is 3.00 e. The molecule has 2 N–H and O–H groups in total. The minimum Gasteiger partial charge on any atom is -0.550 e. The van der Waals surface area contributed by atoms with E-state index in [1.807, 2.05) is 0 Å². The minimum atomic E-state index is -2.97. The Labute approximate surface area is 277 Å². The zero-order valence-electron chi connectivity index (χ0n) is 15.2. The van der Waals surface area contributed by atoms with Crippen LogP contribution in [0, 0.1) is 0 Å². The Bertz CT molecular complexity index is 527. The van der Waals surface area contributed by atoms with Gasteiger partial charge in [0.1, 0.15) is 11.2 Å². The van der Waals surface area contributed by atoms with Gasteiger partial charge in [0.25, 0.3) is 0 Å². The molecule has 0 heterocycles. The molecule has 2 radical (unpaired) electrons. The molecular formula is C12H10BiCa3O14+3. The van der Waals surface area contributed by atoms with Crippen LogP contribution >= 0.6 is 0 Å². The van der Waals surface area contributed by atoms with Gasteiger partial charge in [-0.15, -0.1) is 0 Å². The van der Waals surface area contributed by atoms with Crippen LogP contribution < -0.4 is 30.6 Å². The number of carbonyl (C=O) groups excluding carboxylic acids is 6. The van der Waals surface area contributed by atoms with Crippen molar-refractivity contribution in [2.45, 2.75) is 36.9 Å². The van der Waals surface area contributed by atoms with Crippen LogP contribution in [0.1, 0.15) is 25.7 Å². The van der Waals surface area contributed by atoms with Crippen molar-refractivity contribution in [2.75, 3.05) is 0 Å². The molecular weight excluding hydrogens is 697 g/mol. The number of rotatable bonds is 10. The molecule has 0 rings (SSSR count). The fourth-order valence-corrected chi connectivity index (χ4v) is 1.37. The summed E-state index contributed by atoms with van der Waals surface area (Å²) in [6.45, 7) is 0. The Morgan fingerprint density at radius 2 is 0.633 bits per heavy atom. The monoisotopic (exact) mass is 707 g/mol. The van der Waals surface area contributed by atoms with Crippen LogP contribution in [0.25, 0.3) is 0 Å². The maximum Gasteiger partial charge on any atom is 3.00 e. The van der Waals surface area contributed by atoms with Gasteiger partial charge in [0.2, 0.25) is 0 Å². The average molecular weight is 707 g/mol. The second-order valence-electron chi connectivity index (χ2n) is 4.83.